The van der Waals surface area contributed by atoms with Crippen LogP contribution < -0.4 is 4.89 Å². The topological polar surface area (TPSA) is 89.9 Å². The van der Waals surface area contributed by atoms with Crippen molar-refractivity contribution in [3.63, 3.8) is 0 Å². The molecule has 0 saturated heterocycles. The van der Waals surface area contributed by atoms with E-state index in [1.54, 1.807) is 0 Å². The fourth-order valence-electron chi connectivity index (χ4n) is 1.52. The van der Waals surface area contributed by atoms with Crippen LogP contribution in [0.5, 0.6) is 5.75 Å². The van der Waals surface area contributed by atoms with Gasteiger partial charge in [-0.15, -0.1) is 4.33 Å². The van der Waals surface area contributed by atoms with E-state index in [4.69, 9.17) is 14.3 Å². The second-order valence-corrected chi connectivity index (χ2v) is 6.94. The zero-order valence-electron chi connectivity index (χ0n) is 11.2. The van der Waals surface area contributed by atoms with E-state index in [1.807, 2.05) is 30.3 Å². The zero-order valence-corrected chi connectivity index (χ0v) is 12.8. The fraction of sp³-hybridized carbons (Fsp3) is 0.0714. The number of hydrogen-bond donors (Lipinski definition) is 1. The molecule has 0 amide bonds. The van der Waals surface area contributed by atoms with Gasteiger partial charge in [-0.1, -0.05) is 18.2 Å². The molecule has 0 unspecified atom stereocenters. The first kappa shape index (κ1) is 16.3. The van der Waals surface area contributed by atoms with Crippen molar-refractivity contribution in [3.8, 4) is 5.75 Å². The molecule has 0 heterocycles. The molecule has 8 heteroatoms. The van der Waals surface area contributed by atoms with E-state index in [0.29, 0.717) is 5.75 Å². The van der Waals surface area contributed by atoms with Gasteiger partial charge in [0, 0.05) is 4.90 Å². The normalized spacial score (nSPS) is 11.1. The molecule has 0 bridgehead atoms. The number of hydrogen-bond acceptors (Lipinski definition) is 6. The van der Waals surface area contributed by atoms with Crippen molar-refractivity contribution in [3.05, 3.63) is 54.6 Å². The molecule has 22 heavy (non-hydrogen) atoms. The Balaban J connectivity index is 1.93. The second-order valence-electron chi connectivity index (χ2n) is 4.17. The number of rotatable bonds is 7. The van der Waals surface area contributed by atoms with Gasteiger partial charge in [0.05, 0.1) is 16.9 Å². The summed E-state index contributed by atoms with van der Waals surface area (Å²) in [5, 5.41) is 8.56. The molecule has 0 spiro atoms. The summed E-state index contributed by atoms with van der Waals surface area (Å²) >= 11 is 1.02. The average Bonchev–Trinajstić information content (AvgIpc) is 2.47. The Hall–Kier alpha value is -2.03. The third-order valence-corrected chi connectivity index (χ3v) is 4.72. The van der Waals surface area contributed by atoms with Gasteiger partial charge < -0.3 is 9.99 Å². The van der Waals surface area contributed by atoms with Gasteiger partial charge in [-0.25, -0.2) is 8.42 Å². The minimum absolute atomic E-state index is 0.0852. The monoisotopic (exact) mass is 340 g/mol. The SMILES string of the molecule is O=C(O)CS(=O)(=O)c1ccc(OOSc2ccccc2)cc1. The van der Waals surface area contributed by atoms with Gasteiger partial charge in [0.25, 0.3) is 0 Å². The van der Waals surface area contributed by atoms with Crippen LogP contribution in [0.2, 0.25) is 0 Å². The van der Waals surface area contributed by atoms with Gasteiger partial charge in [0.15, 0.2) is 21.3 Å². The van der Waals surface area contributed by atoms with Gasteiger partial charge in [-0.2, -0.15) is 0 Å². The molecule has 0 aliphatic rings. The van der Waals surface area contributed by atoms with E-state index in [2.05, 4.69) is 0 Å². The van der Waals surface area contributed by atoms with Crippen molar-refractivity contribution in [2.75, 3.05) is 5.75 Å². The fourth-order valence-corrected chi connectivity index (χ4v) is 3.02. The highest BCUT2D eigenvalue weighted by Crippen LogP contribution is 2.22. The maximum absolute atomic E-state index is 11.7. The molecule has 0 saturated carbocycles. The number of carboxylic acids is 1. The van der Waals surface area contributed by atoms with Crippen molar-refractivity contribution in [1.29, 1.82) is 0 Å². The summed E-state index contributed by atoms with van der Waals surface area (Å²) in [5.41, 5.74) is 0. The summed E-state index contributed by atoms with van der Waals surface area (Å²) in [6.07, 6.45) is 0. The highest BCUT2D eigenvalue weighted by molar-refractivity contribution is 7.94. The molecule has 0 aromatic heterocycles. The van der Waals surface area contributed by atoms with E-state index in [9.17, 15) is 13.2 Å². The number of aliphatic carboxylic acids is 1. The predicted molar refractivity (Wildman–Crippen MR) is 80.1 cm³/mol. The number of carboxylic acid groups (broad SMARTS) is 1. The molecule has 116 valence electrons. The molecule has 0 aliphatic carbocycles. The Kier molecular flexibility index (Phi) is 5.42. The Morgan fingerprint density at radius 2 is 1.68 bits per heavy atom. The summed E-state index contributed by atoms with van der Waals surface area (Å²) in [5.74, 6) is -2.05. The van der Waals surface area contributed by atoms with E-state index < -0.39 is 21.6 Å². The first-order chi connectivity index (χ1) is 10.5. The van der Waals surface area contributed by atoms with Crippen LogP contribution in [0.4, 0.5) is 0 Å². The van der Waals surface area contributed by atoms with Gasteiger partial charge in [-0.05, 0) is 36.4 Å². The zero-order chi connectivity index (χ0) is 16.0. The Labute approximate surface area is 131 Å². The Bertz CT molecular complexity index is 726. The van der Waals surface area contributed by atoms with Crippen LogP contribution in [0.15, 0.2) is 64.4 Å². The molecule has 0 atom stereocenters. The Morgan fingerprint density at radius 1 is 1.05 bits per heavy atom. The van der Waals surface area contributed by atoms with Crippen molar-refractivity contribution >= 4 is 27.8 Å². The standard InChI is InChI=1S/C14H12O6S2/c15-14(16)10-22(17,18)13-8-6-11(7-9-13)19-20-21-12-4-2-1-3-5-12/h1-9H,10H2,(H,15,16). The first-order valence-corrected chi connectivity index (χ1v) is 8.47. The lowest BCUT2D eigenvalue weighted by molar-refractivity contribution is -0.134. The van der Waals surface area contributed by atoms with Crippen LogP contribution in [0.25, 0.3) is 0 Å². The first-order valence-electron chi connectivity index (χ1n) is 6.08. The molecule has 0 aliphatic heterocycles. The molecule has 6 nitrogen and oxygen atoms in total. The lowest BCUT2D eigenvalue weighted by Gasteiger charge is -2.05. The molecule has 1 N–H and O–H groups in total. The third-order valence-electron chi connectivity index (χ3n) is 2.50. The summed E-state index contributed by atoms with van der Waals surface area (Å²) < 4.78 is 28.4. The van der Waals surface area contributed by atoms with Crippen LogP contribution >= 0.6 is 12.0 Å². The van der Waals surface area contributed by atoms with Gasteiger partial charge >= 0.3 is 5.97 Å². The lowest BCUT2D eigenvalue weighted by atomic mass is 10.3. The van der Waals surface area contributed by atoms with Gasteiger partial charge in [0.1, 0.15) is 0 Å². The summed E-state index contributed by atoms with van der Waals surface area (Å²) in [7, 11) is -3.84. The molecule has 2 rings (SSSR count). The van der Waals surface area contributed by atoms with Crippen LogP contribution in [-0.4, -0.2) is 25.2 Å². The minimum Gasteiger partial charge on any atom is -0.480 e. The summed E-state index contributed by atoms with van der Waals surface area (Å²) in [6, 6.07) is 14.6. The van der Waals surface area contributed by atoms with E-state index in [1.165, 1.54) is 24.3 Å². The quantitative estimate of drug-likeness (QED) is 0.470. The molecule has 0 fully saturated rings. The highest BCUT2D eigenvalue weighted by Gasteiger charge is 2.18. The molecular weight excluding hydrogens is 328 g/mol. The molecule has 2 aromatic rings. The van der Waals surface area contributed by atoms with Crippen molar-refractivity contribution in [1.82, 2.24) is 0 Å². The second kappa shape index (κ2) is 7.30. The van der Waals surface area contributed by atoms with Crippen molar-refractivity contribution in [2.24, 2.45) is 0 Å². The number of benzene rings is 2. The van der Waals surface area contributed by atoms with Crippen LogP contribution in [-0.2, 0) is 19.0 Å². The van der Waals surface area contributed by atoms with Crippen molar-refractivity contribution < 1.29 is 27.5 Å². The summed E-state index contributed by atoms with van der Waals surface area (Å²) in [4.78, 5) is 16.3. The molecule has 0 radical (unpaired) electrons. The third kappa shape index (κ3) is 4.76. The lowest BCUT2D eigenvalue weighted by Crippen LogP contribution is -2.15. The van der Waals surface area contributed by atoms with E-state index in [-0.39, 0.29) is 4.90 Å². The van der Waals surface area contributed by atoms with Crippen LogP contribution in [0, 0.1) is 0 Å². The number of sulfone groups is 1. The van der Waals surface area contributed by atoms with Gasteiger partial charge in [-0.3, -0.25) is 4.79 Å². The highest BCUT2D eigenvalue weighted by atomic mass is 32.2. The summed E-state index contributed by atoms with van der Waals surface area (Å²) in [6.45, 7) is 0. The van der Waals surface area contributed by atoms with Gasteiger partial charge in [0.2, 0.25) is 0 Å². The largest absolute Gasteiger partial charge is 0.480 e. The molecular formula is C14H12O6S2. The molecule has 2 aromatic carbocycles. The van der Waals surface area contributed by atoms with E-state index in [0.717, 1.165) is 16.9 Å². The average molecular weight is 340 g/mol. The van der Waals surface area contributed by atoms with E-state index >= 15 is 0 Å². The van der Waals surface area contributed by atoms with Crippen LogP contribution in [0.1, 0.15) is 0 Å². The maximum atomic E-state index is 11.7. The Morgan fingerprint density at radius 3 is 2.27 bits per heavy atom. The van der Waals surface area contributed by atoms with Crippen LogP contribution in [0.3, 0.4) is 0 Å². The number of carbonyl (C=O) groups is 1. The minimum atomic E-state index is -3.84. The smallest absolute Gasteiger partial charge is 0.319 e. The predicted octanol–water partition coefficient (Wildman–Crippen LogP) is 2.56. The van der Waals surface area contributed by atoms with Crippen molar-refractivity contribution in [2.45, 2.75) is 9.79 Å². The maximum Gasteiger partial charge on any atom is 0.319 e.